The quantitative estimate of drug-likeness (QED) is 0.428. The molecule has 1 saturated heterocycles. The van der Waals surface area contributed by atoms with E-state index < -0.39 is 11.7 Å². The minimum Gasteiger partial charge on any atom is -0.397 e. The van der Waals surface area contributed by atoms with Gasteiger partial charge >= 0.3 is 0 Å². The van der Waals surface area contributed by atoms with Crippen LogP contribution in [0.25, 0.3) is 0 Å². The molecule has 1 fully saturated rings. The second kappa shape index (κ2) is 10.2. The van der Waals surface area contributed by atoms with E-state index in [1.54, 1.807) is 66.7 Å². The molecule has 0 saturated carbocycles. The Bertz CT molecular complexity index is 1360. The van der Waals surface area contributed by atoms with Gasteiger partial charge in [-0.25, -0.2) is 0 Å². The molecule has 0 radical (unpaired) electrons. The van der Waals surface area contributed by atoms with Gasteiger partial charge in [0.25, 0.3) is 17.6 Å². The van der Waals surface area contributed by atoms with Gasteiger partial charge in [0, 0.05) is 22.7 Å². The minimum absolute atomic E-state index is 0.207. The maximum atomic E-state index is 13.3. The van der Waals surface area contributed by atoms with Gasteiger partial charge in [-0.2, -0.15) is 0 Å². The normalized spacial score (nSPS) is 15.9. The van der Waals surface area contributed by atoms with Crippen molar-refractivity contribution in [3.8, 4) is 0 Å². The second-order valence-corrected chi connectivity index (χ2v) is 9.17. The molecule has 2 aliphatic rings. The lowest BCUT2D eigenvalue weighted by Crippen LogP contribution is -2.49. The topological polar surface area (TPSA) is 123 Å². The Kier molecular flexibility index (Phi) is 6.84. The van der Waals surface area contributed by atoms with E-state index in [-0.39, 0.29) is 24.9 Å². The molecule has 0 aromatic heterocycles. The van der Waals surface area contributed by atoms with Gasteiger partial charge in [-0.05, 0) is 54.4 Å². The van der Waals surface area contributed by atoms with Crippen molar-refractivity contribution in [2.24, 2.45) is 0 Å². The Balaban J connectivity index is 1.21. The number of benzene rings is 3. The smallest absolute Gasteiger partial charge is 0.293 e. The molecule has 2 heterocycles. The van der Waals surface area contributed by atoms with E-state index in [1.165, 1.54) is 4.90 Å². The van der Waals surface area contributed by atoms with Crippen molar-refractivity contribution in [1.82, 2.24) is 5.32 Å². The van der Waals surface area contributed by atoms with Crippen LogP contribution in [0.2, 0.25) is 5.02 Å². The third-order valence-corrected chi connectivity index (χ3v) is 6.48. The summed E-state index contributed by atoms with van der Waals surface area (Å²) in [6.07, 6.45) is 0.673. The summed E-state index contributed by atoms with van der Waals surface area (Å²) in [5.41, 5.74) is 9.17. The lowest BCUT2D eigenvalue weighted by molar-refractivity contribution is -0.256. The number of rotatable bonds is 6. The van der Waals surface area contributed by atoms with Gasteiger partial charge in [0.1, 0.15) is 6.54 Å². The third-order valence-electron chi connectivity index (χ3n) is 6.25. The standard InChI is InChI=1S/C27H25ClN4O5/c28-19-10-11-23-20(14-19)27(36-12-3-13-37-27)26(35)32(23)16-24(33)30-15-17-6-8-18(9-7-17)25(34)31-22-5-2-1-4-21(22)29/h1-2,4-11,14H,3,12-13,15-16,29H2,(H,30,33)(H,31,34). The molecule has 3 aromatic rings. The summed E-state index contributed by atoms with van der Waals surface area (Å²) in [7, 11) is 0. The van der Waals surface area contributed by atoms with E-state index in [1.807, 2.05) is 0 Å². The molecule has 2 aliphatic heterocycles. The number of nitrogens with zero attached hydrogens (tertiary/aromatic N) is 1. The first kappa shape index (κ1) is 24.8. The molecule has 190 valence electrons. The third kappa shape index (κ3) is 4.89. The molecule has 5 rings (SSSR count). The van der Waals surface area contributed by atoms with Gasteiger partial charge in [-0.15, -0.1) is 0 Å². The van der Waals surface area contributed by atoms with Crippen LogP contribution in [-0.4, -0.2) is 37.5 Å². The minimum atomic E-state index is -1.57. The number of ether oxygens (including phenoxy) is 2. The summed E-state index contributed by atoms with van der Waals surface area (Å²) in [5.74, 6) is -2.67. The second-order valence-electron chi connectivity index (χ2n) is 8.73. The number of carbonyl (C=O) groups excluding carboxylic acids is 3. The number of para-hydroxylation sites is 2. The van der Waals surface area contributed by atoms with E-state index in [9.17, 15) is 14.4 Å². The highest BCUT2D eigenvalue weighted by molar-refractivity contribution is 6.31. The van der Waals surface area contributed by atoms with Crippen LogP contribution in [0.15, 0.2) is 66.7 Å². The van der Waals surface area contributed by atoms with Crippen LogP contribution >= 0.6 is 11.6 Å². The van der Waals surface area contributed by atoms with Crippen molar-refractivity contribution < 1.29 is 23.9 Å². The summed E-state index contributed by atoms with van der Waals surface area (Å²) in [6, 6.07) is 18.8. The Hall–Kier alpha value is -3.92. The molecule has 37 heavy (non-hydrogen) atoms. The van der Waals surface area contributed by atoms with E-state index in [0.29, 0.717) is 52.8 Å². The summed E-state index contributed by atoms with van der Waals surface area (Å²) in [4.78, 5) is 40.0. The van der Waals surface area contributed by atoms with Gasteiger partial charge in [-0.1, -0.05) is 35.9 Å². The molecular weight excluding hydrogens is 496 g/mol. The van der Waals surface area contributed by atoms with Crippen molar-refractivity contribution >= 4 is 46.4 Å². The van der Waals surface area contributed by atoms with Crippen molar-refractivity contribution in [1.29, 1.82) is 0 Å². The van der Waals surface area contributed by atoms with Crippen LogP contribution < -0.4 is 21.3 Å². The van der Waals surface area contributed by atoms with Gasteiger partial charge in [0.05, 0.1) is 30.3 Å². The number of halogens is 1. The van der Waals surface area contributed by atoms with Crippen LogP contribution in [0.1, 0.15) is 27.9 Å². The molecule has 0 aliphatic carbocycles. The van der Waals surface area contributed by atoms with Crippen LogP contribution in [0.5, 0.6) is 0 Å². The highest BCUT2D eigenvalue weighted by Crippen LogP contribution is 2.46. The molecule has 4 N–H and O–H groups in total. The fourth-order valence-electron chi connectivity index (χ4n) is 4.36. The van der Waals surface area contributed by atoms with Crippen LogP contribution in [0, 0.1) is 0 Å². The van der Waals surface area contributed by atoms with E-state index >= 15 is 0 Å². The number of amides is 3. The van der Waals surface area contributed by atoms with Crippen LogP contribution in [0.3, 0.4) is 0 Å². The van der Waals surface area contributed by atoms with Crippen LogP contribution in [0.4, 0.5) is 17.1 Å². The van der Waals surface area contributed by atoms with Gasteiger partial charge < -0.3 is 25.8 Å². The monoisotopic (exact) mass is 520 g/mol. The maximum Gasteiger partial charge on any atom is 0.293 e. The van der Waals surface area contributed by atoms with Crippen molar-refractivity contribution in [3.05, 3.63) is 88.4 Å². The summed E-state index contributed by atoms with van der Waals surface area (Å²) in [5, 5.41) is 6.04. The predicted octanol–water partition coefficient (Wildman–Crippen LogP) is 3.43. The lowest BCUT2D eigenvalue weighted by Gasteiger charge is -2.32. The highest BCUT2D eigenvalue weighted by Gasteiger charge is 2.55. The van der Waals surface area contributed by atoms with Crippen molar-refractivity contribution in [2.45, 2.75) is 18.8 Å². The first-order valence-electron chi connectivity index (χ1n) is 11.8. The van der Waals surface area contributed by atoms with E-state index in [0.717, 1.165) is 5.56 Å². The average Bonchev–Trinajstić information content (AvgIpc) is 3.11. The van der Waals surface area contributed by atoms with Gasteiger partial charge in [0.15, 0.2) is 0 Å². The van der Waals surface area contributed by atoms with Crippen molar-refractivity contribution in [2.75, 3.05) is 35.7 Å². The van der Waals surface area contributed by atoms with E-state index in [2.05, 4.69) is 10.6 Å². The number of hydrogen-bond donors (Lipinski definition) is 3. The molecular formula is C27H25ClN4O5. The fraction of sp³-hybridized carbons (Fsp3) is 0.222. The zero-order chi connectivity index (χ0) is 26.0. The lowest BCUT2D eigenvalue weighted by atomic mass is 10.1. The molecule has 0 bridgehead atoms. The first-order chi connectivity index (χ1) is 17.9. The molecule has 10 heteroatoms. The Morgan fingerprint density at radius 1 is 1.03 bits per heavy atom. The number of nitrogen functional groups attached to an aromatic ring is 1. The van der Waals surface area contributed by atoms with E-state index in [4.69, 9.17) is 26.8 Å². The molecule has 3 amide bonds. The molecule has 0 unspecified atom stereocenters. The summed E-state index contributed by atoms with van der Waals surface area (Å²) >= 11 is 6.17. The largest absolute Gasteiger partial charge is 0.397 e. The number of carbonyl (C=O) groups is 3. The zero-order valence-electron chi connectivity index (χ0n) is 19.8. The van der Waals surface area contributed by atoms with Crippen molar-refractivity contribution in [3.63, 3.8) is 0 Å². The number of anilines is 3. The van der Waals surface area contributed by atoms with Gasteiger partial charge in [-0.3, -0.25) is 19.3 Å². The molecule has 3 aromatic carbocycles. The summed E-state index contributed by atoms with van der Waals surface area (Å²) in [6.45, 7) is 0.746. The molecule has 9 nitrogen and oxygen atoms in total. The number of nitrogens with one attached hydrogen (secondary N) is 2. The first-order valence-corrected chi connectivity index (χ1v) is 12.2. The van der Waals surface area contributed by atoms with Gasteiger partial charge in [0.2, 0.25) is 5.91 Å². The number of fused-ring (bicyclic) bond motifs is 2. The maximum absolute atomic E-state index is 13.3. The molecule has 1 spiro atoms. The molecule has 0 atom stereocenters. The van der Waals surface area contributed by atoms with Crippen LogP contribution in [-0.2, 0) is 31.4 Å². The Labute approximate surface area is 218 Å². The Morgan fingerprint density at radius 2 is 1.76 bits per heavy atom. The summed E-state index contributed by atoms with van der Waals surface area (Å²) < 4.78 is 11.6. The predicted molar refractivity (Wildman–Crippen MR) is 139 cm³/mol. The SMILES string of the molecule is Nc1ccccc1NC(=O)c1ccc(CNC(=O)CN2C(=O)C3(OCCCO3)c3cc(Cl)ccc32)cc1. The Morgan fingerprint density at radius 3 is 2.49 bits per heavy atom. The average molecular weight is 521 g/mol. The fourth-order valence-corrected chi connectivity index (χ4v) is 4.53. The highest BCUT2D eigenvalue weighted by atomic mass is 35.5. The number of nitrogens with two attached hydrogens (primary N) is 1. The number of hydrogen-bond acceptors (Lipinski definition) is 6. The zero-order valence-corrected chi connectivity index (χ0v) is 20.6.